The molecule has 8 heteroatoms. The molecule has 0 unspecified atom stereocenters. The molecule has 5 nitrogen and oxygen atoms in total. The minimum absolute atomic E-state index is 0.134. The Hall–Kier alpha value is -2.74. The third-order valence-corrected chi connectivity index (χ3v) is 5.61. The highest BCUT2D eigenvalue weighted by atomic mass is 32.1. The highest BCUT2D eigenvalue weighted by Gasteiger charge is 2.23. The second kappa shape index (κ2) is 7.48. The average molecular weight is 388 g/mol. The lowest BCUT2D eigenvalue weighted by molar-refractivity contribution is 0.194. The van der Waals surface area contributed by atoms with Crippen molar-refractivity contribution in [1.29, 1.82) is 0 Å². The molecule has 4 rings (SSSR count). The maximum absolute atomic E-state index is 13.3. The molecule has 2 heterocycles. The number of nitrogens with zero attached hydrogens (tertiary/aromatic N) is 3. The van der Waals surface area contributed by atoms with Crippen LogP contribution in [0.3, 0.4) is 0 Å². The Balaban J connectivity index is 1.32. The molecule has 1 fully saturated rings. The minimum atomic E-state index is -0.293. The number of anilines is 1. The van der Waals surface area contributed by atoms with Crippen molar-refractivity contribution in [2.45, 2.75) is 6.54 Å². The highest BCUT2D eigenvalue weighted by molar-refractivity contribution is 7.22. The van der Waals surface area contributed by atoms with Gasteiger partial charge < -0.3 is 15.1 Å². The van der Waals surface area contributed by atoms with Gasteiger partial charge in [-0.05, 0) is 35.9 Å². The summed E-state index contributed by atoms with van der Waals surface area (Å²) in [6.45, 7) is 2.88. The van der Waals surface area contributed by atoms with Gasteiger partial charge in [-0.25, -0.2) is 18.6 Å². The van der Waals surface area contributed by atoms with E-state index in [1.165, 1.54) is 35.6 Å². The first-order valence-corrected chi connectivity index (χ1v) is 9.48. The van der Waals surface area contributed by atoms with Gasteiger partial charge >= 0.3 is 6.03 Å². The first kappa shape index (κ1) is 17.7. The molecule has 0 bridgehead atoms. The van der Waals surface area contributed by atoms with Crippen molar-refractivity contribution in [1.82, 2.24) is 15.2 Å². The monoisotopic (exact) mass is 388 g/mol. The van der Waals surface area contributed by atoms with Crippen LogP contribution in [0.25, 0.3) is 10.2 Å². The van der Waals surface area contributed by atoms with E-state index in [2.05, 4.69) is 15.2 Å². The van der Waals surface area contributed by atoms with Gasteiger partial charge in [0.1, 0.15) is 11.6 Å². The van der Waals surface area contributed by atoms with E-state index in [0.717, 1.165) is 20.9 Å². The zero-order valence-electron chi connectivity index (χ0n) is 14.5. The largest absolute Gasteiger partial charge is 0.345 e. The SMILES string of the molecule is O=C(NCc1ccc(F)cc1)N1CCN(c2nc3ccc(F)cc3s2)CC1. The van der Waals surface area contributed by atoms with Gasteiger partial charge in [0.15, 0.2) is 5.13 Å². The number of urea groups is 1. The van der Waals surface area contributed by atoms with Crippen LogP contribution in [-0.4, -0.2) is 42.1 Å². The van der Waals surface area contributed by atoms with Gasteiger partial charge in [0.25, 0.3) is 0 Å². The number of aromatic nitrogens is 1. The molecule has 1 aliphatic heterocycles. The fourth-order valence-corrected chi connectivity index (χ4v) is 4.06. The second-order valence-electron chi connectivity index (χ2n) is 6.37. The number of thiazole rings is 1. The Morgan fingerprint density at radius 1 is 1.04 bits per heavy atom. The third-order valence-electron chi connectivity index (χ3n) is 4.53. The topological polar surface area (TPSA) is 48.5 Å². The summed E-state index contributed by atoms with van der Waals surface area (Å²) in [5.74, 6) is -0.556. The van der Waals surface area contributed by atoms with E-state index in [1.807, 2.05) is 0 Å². The summed E-state index contributed by atoms with van der Waals surface area (Å²) < 4.78 is 27.1. The molecule has 0 radical (unpaired) electrons. The normalized spacial score (nSPS) is 14.6. The molecule has 2 amide bonds. The Kier molecular flexibility index (Phi) is 4.89. The number of amides is 2. The number of fused-ring (bicyclic) bond motifs is 1. The van der Waals surface area contributed by atoms with Crippen LogP contribution in [0.2, 0.25) is 0 Å². The highest BCUT2D eigenvalue weighted by Crippen LogP contribution is 2.29. The number of carbonyl (C=O) groups is 1. The molecule has 0 atom stereocenters. The number of rotatable bonds is 3. The summed E-state index contributed by atoms with van der Waals surface area (Å²) in [5.41, 5.74) is 1.64. The zero-order chi connectivity index (χ0) is 18.8. The number of carbonyl (C=O) groups excluding carboxylic acids is 1. The van der Waals surface area contributed by atoms with E-state index in [1.54, 1.807) is 23.1 Å². The van der Waals surface area contributed by atoms with E-state index in [0.29, 0.717) is 32.7 Å². The lowest BCUT2D eigenvalue weighted by Crippen LogP contribution is -2.51. The van der Waals surface area contributed by atoms with E-state index in [4.69, 9.17) is 0 Å². The van der Waals surface area contributed by atoms with Crippen molar-refractivity contribution in [2.24, 2.45) is 0 Å². The van der Waals surface area contributed by atoms with E-state index in [9.17, 15) is 13.6 Å². The fourth-order valence-electron chi connectivity index (χ4n) is 3.01. The summed E-state index contributed by atoms with van der Waals surface area (Å²) in [5, 5.41) is 3.71. The van der Waals surface area contributed by atoms with Crippen LogP contribution < -0.4 is 10.2 Å². The number of piperazine rings is 1. The van der Waals surface area contributed by atoms with Crippen LogP contribution in [0, 0.1) is 11.6 Å². The van der Waals surface area contributed by atoms with Gasteiger partial charge in [0, 0.05) is 32.7 Å². The van der Waals surface area contributed by atoms with Crippen molar-refractivity contribution in [3.8, 4) is 0 Å². The van der Waals surface area contributed by atoms with Gasteiger partial charge in [-0.1, -0.05) is 23.5 Å². The molecule has 1 saturated heterocycles. The predicted octanol–water partition coefficient (Wildman–Crippen LogP) is 3.61. The Morgan fingerprint density at radius 2 is 1.74 bits per heavy atom. The van der Waals surface area contributed by atoms with E-state index < -0.39 is 0 Å². The first-order chi connectivity index (χ1) is 13.1. The lowest BCUT2D eigenvalue weighted by Gasteiger charge is -2.34. The van der Waals surface area contributed by atoms with Gasteiger partial charge in [0.05, 0.1) is 10.2 Å². The number of nitrogens with one attached hydrogen (secondary N) is 1. The van der Waals surface area contributed by atoms with Gasteiger partial charge in [-0.3, -0.25) is 0 Å². The summed E-state index contributed by atoms with van der Waals surface area (Å²) in [6.07, 6.45) is 0. The van der Waals surface area contributed by atoms with Crippen LogP contribution in [0.1, 0.15) is 5.56 Å². The molecule has 140 valence electrons. The van der Waals surface area contributed by atoms with Crippen LogP contribution in [0.5, 0.6) is 0 Å². The Bertz CT molecular complexity index is 952. The molecule has 3 aromatic rings. The molecule has 27 heavy (non-hydrogen) atoms. The maximum Gasteiger partial charge on any atom is 0.317 e. The molecule has 1 N–H and O–H groups in total. The molecule has 1 aromatic heterocycles. The third kappa shape index (κ3) is 4.00. The maximum atomic E-state index is 13.3. The minimum Gasteiger partial charge on any atom is -0.345 e. The fraction of sp³-hybridized carbons (Fsp3) is 0.263. The standard InChI is InChI=1S/C19H18F2N4OS/c20-14-3-1-13(2-4-14)12-22-18(26)24-7-9-25(10-8-24)19-23-16-6-5-15(21)11-17(16)27-19/h1-6,11H,7-10,12H2,(H,22,26). The quantitative estimate of drug-likeness (QED) is 0.746. The molecular weight excluding hydrogens is 370 g/mol. The number of hydrogen-bond donors (Lipinski definition) is 1. The summed E-state index contributed by atoms with van der Waals surface area (Å²) in [7, 11) is 0. The molecule has 0 spiro atoms. The van der Waals surface area contributed by atoms with Crippen LogP contribution >= 0.6 is 11.3 Å². The summed E-state index contributed by atoms with van der Waals surface area (Å²) in [6, 6.07) is 10.5. The molecule has 1 aliphatic rings. The first-order valence-electron chi connectivity index (χ1n) is 8.67. The van der Waals surface area contributed by atoms with Gasteiger partial charge in [0.2, 0.25) is 0 Å². The van der Waals surface area contributed by atoms with E-state index >= 15 is 0 Å². The van der Waals surface area contributed by atoms with E-state index in [-0.39, 0.29) is 17.7 Å². The Morgan fingerprint density at radius 3 is 2.48 bits per heavy atom. The zero-order valence-corrected chi connectivity index (χ0v) is 15.3. The number of halogens is 2. The molecule has 0 aliphatic carbocycles. The van der Waals surface area contributed by atoms with Gasteiger partial charge in [-0.2, -0.15) is 0 Å². The van der Waals surface area contributed by atoms with Crippen LogP contribution in [0.15, 0.2) is 42.5 Å². The van der Waals surface area contributed by atoms with Gasteiger partial charge in [-0.15, -0.1) is 0 Å². The van der Waals surface area contributed by atoms with Crippen molar-refractivity contribution in [3.05, 3.63) is 59.7 Å². The second-order valence-corrected chi connectivity index (χ2v) is 7.38. The molecular formula is C19H18F2N4OS. The van der Waals surface area contributed by atoms with Crippen molar-refractivity contribution in [3.63, 3.8) is 0 Å². The van der Waals surface area contributed by atoms with Crippen LogP contribution in [-0.2, 0) is 6.54 Å². The van der Waals surface area contributed by atoms with Crippen LogP contribution in [0.4, 0.5) is 18.7 Å². The lowest BCUT2D eigenvalue weighted by atomic mass is 10.2. The van der Waals surface area contributed by atoms with Crippen molar-refractivity contribution >= 4 is 32.7 Å². The number of hydrogen-bond acceptors (Lipinski definition) is 4. The Labute approximate surface area is 159 Å². The molecule has 0 saturated carbocycles. The average Bonchev–Trinajstić information content (AvgIpc) is 3.10. The number of benzene rings is 2. The summed E-state index contributed by atoms with van der Waals surface area (Å²) in [4.78, 5) is 20.8. The molecule has 2 aromatic carbocycles. The smallest absolute Gasteiger partial charge is 0.317 e. The van der Waals surface area contributed by atoms with Crippen molar-refractivity contribution < 1.29 is 13.6 Å². The predicted molar refractivity (Wildman–Crippen MR) is 102 cm³/mol. The van der Waals surface area contributed by atoms with Crippen molar-refractivity contribution in [2.75, 3.05) is 31.1 Å². The summed E-state index contributed by atoms with van der Waals surface area (Å²) >= 11 is 1.46.